The van der Waals surface area contributed by atoms with E-state index in [1.165, 1.54) is 23.3 Å². The number of rotatable bonds is 2. The predicted octanol–water partition coefficient (Wildman–Crippen LogP) is 3.10. The first-order valence-electron chi connectivity index (χ1n) is 7.78. The zero-order chi connectivity index (χ0) is 14.1. The fourth-order valence-electron chi connectivity index (χ4n) is 3.68. The topological polar surface area (TPSA) is 46.3 Å². The molecule has 3 rings (SSSR count). The molecular weight excluding hydrogens is 268 g/mol. The zero-order valence-corrected chi connectivity index (χ0v) is 13.0. The van der Waals surface area contributed by atoms with Crippen LogP contribution in [0.1, 0.15) is 55.5 Å². The van der Waals surface area contributed by atoms with Crippen molar-refractivity contribution in [1.29, 1.82) is 0 Å². The Labute approximate surface area is 125 Å². The Balaban J connectivity index is 1.66. The summed E-state index contributed by atoms with van der Waals surface area (Å²) in [6, 6.07) is 2.64. The van der Waals surface area contributed by atoms with E-state index >= 15 is 0 Å². The second kappa shape index (κ2) is 5.86. The quantitative estimate of drug-likeness (QED) is 0.910. The minimum absolute atomic E-state index is 0.226. The number of carbonyl (C=O) groups excluding carboxylic acids is 1. The Hall–Kier alpha value is -0.870. The van der Waals surface area contributed by atoms with E-state index in [-0.39, 0.29) is 12.1 Å². The summed E-state index contributed by atoms with van der Waals surface area (Å²) in [5.74, 6) is 0.698. The minimum Gasteiger partial charge on any atom is -0.336 e. The number of thiophene rings is 1. The van der Waals surface area contributed by atoms with E-state index in [0.29, 0.717) is 18.2 Å². The average Bonchev–Trinajstić information content (AvgIpc) is 2.91. The standard InChI is InChI=1S/C16H24N2OS/c1-11-13-7-9-20-15(13)6-8-18(11)16(19)10-12-4-2-3-5-14(12)17/h7,9,11-12,14H,2-6,8,10,17H2,1H3. The summed E-state index contributed by atoms with van der Waals surface area (Å²) in [6.45, 7) is 3.03. The molecule has 1 amide bonds. The Morgan fingerprint density at radius 3 is 3.05 bits per heavy atom. The van der Waals surface area contributed by atoms with Crippen LogP contribution in [0.4, 0.5) is 0 Å². The van der Waals surface area contributed by atoms with Gasteiger partial charge in [0.2, 0.25) is 5.91 Å². The number of hydrogen-bond acceptors (Lipinski definition) is 3. The van der Waals surface area contributed by atoms with E-state index < -0.39 is 0 Å². The third kappa shape index (κ3) is 2.63. The van der Waals surface area contributed by atoms with Crippen LogP contribution in [0.25, 0.3) is 0 Å². The number of hydrogen-bond donors (Lipinski definition) is 1. The summed E-state index contributed by atoms with van der Waals surface area (Å²) in [6.07, 6.45) is 6.33. The average molecular weight is 292 g/mol. The lowest BCUT2D eigenvalue weighted by atomic mass is 9.82. The highest BCUT2D eigenvalue weighted by atomic mass is 32.1. The molecule has 0 bridgehead atoms. The molecule has 4 heteroatoms. The molecule has 1 fully saturated rings. The molecule has 20 heavy (non-hydrogen) atoms. The fraction of sp³-hybridized carbons (Fsp3) is 0.688. The molecule has 2 aliphatic rings. The van der Waals surface area contributed by atoms with Crippen molar-refractivity contribution in [3.63, 3.8) is 0 Å². The van der Waals surface area contributed by atoms with Crippen molar-refractivity contribution in [3.8, 4) is 0 Å². The minimum atomic E-state index is 0.226. The summed E-state index contributed by atoms with van der Waals surface area (Å²) < 4.78 is 0. The molecule has 1 aliphatic carbocycles. The first kappa shape index (κ1) is 14.1. The SMILES string of the molecule is CC1c2ccsc2CCN1C(=O)CC1CCCCC1N. The predicted molar refractivity (Wildman–Crippen MR) is 82.7 cm³/mol. The molecule has 1 aromatic rings. The van der Waals surface area contributed by atoms with Gasteiger partial charge in [-0.1, -0.05) is 12.8 Å². The van der Waals surface area contributed by atoms with Crippen molar-refractivity contribution in [3.05, 3.63) is 21.9 Å². The first-order valence-corrected chi connectivity index (χ1v) is 8.66. The van der Waals surface area contributed by atoms with Crippen LogP contribution >= 0.6 is 11.3 Å². The Bertz CT molecular complexity index is 485. The van der Waals surface area contributed by atoms with E-state index in [1.807, 2.05) is 11.3 Å². The maximum Gasteiger partial charge on any atom is 0.223 e. The summed E-state index contributed by atoms with van der Waals surface area (Å²) >= 11 is 1.82. The first-order chi connectivity index (χ1) is 9.66. The van der Waals surface area contributed by atoms with Gasteiger partial charge < -0.3 is 10.6 Å². The fourth-order valence-corrected chi connectivity index (χ4v) is 4.64. The normalized spacial score (nSPS) is 30.1. The van der Waals surface area contributed by atoms with Gasteiger partial charge in [-0.05, 0) is 49.1 Å². The van der Waals surface area contributed by atoms with Crippen LogP contribution in [0, 0.1) is 5.92 Å². The van der Waals surface area contributed by atoms with Crippen molar-refractivity contribution in [2.45, 2.75) is 57.5 Å². The lowest BCUT2D eigenvalue weighted by Crippen LogP contribution is -2.42. The van der Waals surface area contributed by atoms with Gasteiger partial charge in [-0.25, -0.2) is 0 Å². The molecule has 0 spiro atoms. The summed E-state index contributed by atoms with van der Waals surface area (Å²) in [4.78, 5) is 16.1. The van der Waals surface area contributed by atoms with E-state index in [2.05, 4.69) is 23.3 Å². The van der Waals surface area contributed by atoms with Gasteiger partial charge in [0.05, 0.1) is 6.04 Å². The third-order valence-electron chi connectivity index (χ3n) is 5.00. The number of carbonyl (C=O) groups is 1. The lowest BCUT2D eigenvalue weighted by Gasteiger charge is -2.36. The van der Waals surface area contributed by atoms with Gasteiger partial charge in [-0.15, -0.1) is 11.3 Å². The summed E-state index contributed by atoms with van der Waals surface area (Å²) in [5, 5.41) is 2.15. The molecule has 0 radical (unpaired) electrons. The van der Waals surface area contributed by atoms with Crippen molar-refractivity contribution in [2.24, 2.45) is 11.7 Å². The van der Waals surface area contributed by atoms with Crippen LogP contribution < -0.4 is 5.73 Å². The molecule has 2 N–H and O–H groups in total. The monoisotopic (exact) mass is 292 g/mol. The van der Waals surface area contributed by atoms with E-state index in [9.17, 15) is 4.79 Å². The molecule has 0 saturated heterocycles. The molecule has 3 atom stereocenters. The van der Waals surface area contributed by atoms with Gasteiger partial charge in [0.15, 0.2) is 0 Å². The maximum atomic E-state index is 12.6. The Morgan fingerprint density at radius 2 is 2.25 bits per heavy atom. The molecule has 3 unspecified atom stereocenters. The van der Waals surface area contributed by atoms with Gasteiger partial charge in [0, 0.05) is 23.9 Å². The molecule has 3 nitrogen and oxygen atoms in total. The number of nitrogens with two attached hydrogens (primary N) is 1. The highest BCUT2D eigenvalue weighted by molar-refractivity contribution is 7.10. The molecule has 2 heterocycles. The van der Waals surface area contributed by atoms with Crippen LogP contribution in [-0.4, -0.2) is 23.4 Å². The smallest absolute Gasteiger partial charge is 0.223 e. The molecule has 1 aliphatic heterocycles. The Morgan fingerprint density at radius 1 is 1.45 bits per heavy atom. The Kier molecular flexibility index (Phi) is 4.13. The van der Waals surface area contributed by atoms with Crippen molar-refractivity contribution in [1.82, 2.24) is 4.90 Å². The highest BCUT2D eigenvalue weighted by Crippen LogP contribution is 2.34. The van der Waals surface area contributed by atoms with Crippen molar-refractivity contribution < 1.29 is 4.79 Å². The van der Waals surface area contributed by atoms with Gasteiger partial charge in [0.25, 0.3) is 0 Å². The molecule has 1 aromatic heterocycles. The second-order valence-electron chi connectivity index (χ2n) is 6.22. The number of fused-ring (bicyclic) bond motifs is 1. The second-order valence-corrected chi connectivity index (χ2v) is 7.23. The summed E-state index contributed by atoms with van der Waals surface area (Å²) in [7, 11) is 0. The molecule has 0 aromatic carbocycles. The van der Waals surface area contributed by atoms with Crippen molar-refractivity contribution in [2.75, 3.05) is 6.54 Å². The molecule has 110 valence electrons. The van der Waals surface area contributed by atoms with Crippen LogP contribution in [0.15, 0.2) is 11.4 Å². The zero-order valence-electron chi connectivity index (χ0n) is 12.2. The van der Waals surface area contributed by atoms with Gasteiger partial charge in [0.1, 0.15) is 0 Å². The van der Waals surface area contributed by atoms with Crippen LogP contribution in [0.3, 0.4) is 0 Å². The van der Waals surface area contributed by atoms with Gasteiger partial charge >= 0.3 is 0 Å². The van der Waals surface area contributed by atoms with Crippen LogP contribution in [0.5, 0.6) is 0 Å². The van der Waals surface area contributed by atoms with Gasteiger partial charge in [-0.3, -0.25) is 4.79 Å². The van der Waals surface area contributed by atoms with E-state index in [0.717, 1.165) is 25.8 Å². The van der Waals surface area contributed by atoms with Gasteiger partial charge in [-0.2, -0.15) is 0 Å². The maximum absolute atomic E-state index is 12.6. The number of amides is 1. The van der Waals surface area contributed by atoms with E-state index in [4.69, 9.17) is 5.73 Å². The van der Waals surface area contributed by atoms with Crippen molar-refractivity contribution >= 4 is 17.2 Å². The lowest BCUT2D eigenvalue weighted by molar-refractivity contribution is -0.135. The van der Waals surface area contributed by atoms with Crippen LogP contribution in [0.2, 0.25) is 0 Å². The van der Waals surface area contributed by atoms with E-state index in [1.54, 1.807) is 0 Å². The third-order valence-corrected chi connectivity index (χ3v) is 6.00. The highest BCUT2D eigenvalue weighted by Gasteiger charge is 2.31. The molecular formula is C16H24N2OS. The summed E-state index contributed by atoms with van der Waals surface area (Å²) in [5.41, 5.74) is 7.53. The van der Waals surface area contributed by atoms with Crippen LogP contribution in [-0.2, 0) is 11.2 Å². The largest absolute Gasteiger partial charge is 0.336 e. The molecule has 1 saturated carbocycles. The number of nitrogens with zero attached hydrogens (tertiary/aromatic N) is 1.